The first-order chi connectivity index (χ1) is 8.08. The van der Waals surface area contributed by atoms with Crippen molar-refractivity contribution in [2.24, 2.45) is 5.92 Å². The van der Waals surface area contributed by atoms with E-state index >= 15 is 0 Å². The van der Waals surface area contributed by atoms with Crippen LogP contribution in [0.1, 0.15) is 19.8 Å². The van der Waals surface area contributed by atoms with E-state index in [1.165, 1.54) is 6.20 Å². The number of hydrogen-bond acceptors (Lipinski definition) is 4. The summed E-state index contributed by atoms with van der Waals surface area (Å²) in [5.74, 6) is 1.49. The van der Waals surface area contributed by atoms with E-state index < -0.39 is 7.12 Å². The summed E-state index contributed by atoms with van der Waals surface area (Å²) in [5.41, 5.74) is 0.323. The van der Waals surface area contributed by atoms with Crippen molar-refractivity contribution in [3.8, 4) is 0 Å². The molecule has 17 heavy (non-hydrogen) atoms. The average Bonchev–Trinajstić information content (AvgIpc) is 2.30. The SMILES string of the molecule is CC1CCN(c2ncc(B(O)O)cc2Cl)CC1. The normalized spacial score (nSPS) is 17.3. The van der Waals surface area contributed by atoms with Crippen molar-refractivity contribution in [2.45, 2.75) is 19.8 Å². The molecule has 1 aromatic heterocycles. The number of anilines is 1. The Hall–Kier alpha value is -0.775. The maximum absolute atomic E-state index is 9.03. The van der Waals surface area contributed by atoms with Crippen LogP contribution in [0.25, 0.3) is 0 Å². The Balaban J connectivity index is 2.16. The number of pyridine rings is 1. The lowest BCUT2D eigenvalue weighted by atomic mass is 9.82. The van der Waals surface area contributed by atoms with Gasteiger partial charge >= 0.3 is 7.12 Å². The predicted molar refractivity (Wildman–Crippen MR) is 69.7 cm³/mol. The largest absolute Gasteiger partial charge is 0.490 e. The van der Waals surface area contributed by atoms with Gasteiger partial charge in [-0.1, -0.05) is 18.5 Å². The standard InChI is InChI=1S/C11H16BClN2O2/c1-8-2-4-15(5-3-8)11-10(13)6-9(7-14-11)12(16)17/h6-8,16-17H,2-5H2,1H3. The van der Waals surface area contributed by atoms with E-state index in [0.717, 1.165) is 37.7 Å². The van der Waals surface area contributed by atoms with Gasteiger partial charge < -0.3 is 14.9 Å². The van der Waals surface area contributed by atoms with E-state index in [1.807, 2.05) is 0 Å². The van der Waals surface area contributed by atoms with Crippen LogP contribution in [0.5, 0.6) is 0 Å². The summed E-state index contributed by atoms with van der Waals surface area (Å²) in [6.07, 6.45) is 3.74. The summed E-state index contributed by atoms with van der Waals surface area (Å²) in [4.78, 5) is 6.37. The summed E-state index contributed by atoms with van der Waals surface area (Å²) in [5, 5.41) is 18.5. The molecule has 0 radical (unpaired) electrons. The highest BCUT2D eigenvalue weighted by Gasteiger charge is 2.20. The average molecular weight is 255 g/mol. The molecule has 4 nitrogen and oxygen atoms in total. The molecule has 0 atom stereocenters. The van der Waals surface area contributed by atoms with Crippen molar-refractivity contribution >= 4 is 30.0 Å². The van der Waals surface area contributed by atoms with Gasteiger partial charge in [0.15, 0.2) is 0 Å². The van der Waals surface area contributed by atoms with Crippen molar-refractivity contribution < 1.29 is 10.0 Å². The highest BCUT2D eigenvalue weighted by Crippen LogP contribution is 2.26. The van der Waals surface area contributed by atoms with Gasteiger partial charge in [-0.15, -0.1) is 0 Å². The molecular formula is C11H16BClN2O2. The van der Waals surface area contributed by atoms with Crippen molar-refractivity contribution in [3.05, 3.63) is 17.3 Å². The molecule has 0 aliphatic carbocycles. The number of nitrogens with zero attached hydrogens (tertiary/aromatic N) is 2. The summed E-state index contributed by atoms with van der Waals surface area (Å²) >= 11 is 6.12. The Morgan fingerprint density at radius 2 is 2.06 bits per heavy atom. The Kier molecular flexibility index (Phi) is 3.91. The zero-order chi connectivity index (χ0) is 12.4. The Labute approximate surface area is 106 Å². The van der Waals surface area contributed by atoms with Gasteiger partial charge in [-0.25, -0.2) is 4.98 Å². The fourth-order valence-electron chi connectivity index (χ4n) is 2.04. The maximum Gasteiger partial charge on any atom is 0.490 e. The molecule has 1 aromatic rings. The molecule has 2 heterocycles. The van der Waals surface area contributed by atoms with E-state index in [1.54, 1.807) is 6.07 Å². The molecular weight excluding hydrogens is 238 g/mol. The third-order valence-electron chi connectivity index (χ3n) is 3.22. The van der Waals surface area contributed by atoms with Gasteiger partial charge in [-0.3, -0.25) is 0 Å². The highest BCUT2D eigenvalue weighted by molar-refractivity contribution is 6.59. The van der Waals surface area contributed by atoms with Crippen LogP contribution in [0.2, 0.25) is 5.02 Å². The van der Waals surface area contributed by atoms with Gasteiger partial charge in [-0.2, -0.15) is 0 Å². The van der Waals surface area contributed by atoms with Crippen molar-refractivity contribution in [3.63, 3.8) is 0 Å². The van der Waals surface area contributed by atoms with Crippen LogP contribution in [0.4, 0.5) is 5.82 Å². The molecule has 0 saturated carbocycles. The molecule has 6 heteroatoms. The molecule has 2 rings (SSSR count). The fraction of sp³-hybridized carbons (Fsp3) is 0.545. The molecule has 0 bridgehead atoms. The molecule has 1 saturated heterocycles. The minimum absolute atomic E-state index is 0.323. The van der Waals surface area contributed by atoms with E-state index in [0.29, 0.717) is 10.5 Å². The van der Waals surface area contributed by atoms with Crippen LogP contribution in [-0.2, 0) is 0 Å². The predicted octanol–water partition coefficient (Wildman–Crippen LogP) is 0.651. The van der Waals surface area contributed by atoms with Crippen LogP contribution in [0.3, 0.4) is 0 Å². The maximum atomic E-state index is 9.03. The number of halogens is 1. The molecule has 0 unspecified atom stereocenters. The van der Waals surface area contributed by atoms with Crippen LogP contribution < -0.4 is 10.4 Å². The second-order valence-electron chi connectivity index (χ2n) is 4.62. The molecule has 2 N–H and O–H groups in total. The molecule has 0 spiro atoms. The van der Waals surface area contributed by atoms with Gasteiger partial charge in [0, 0.05) is 24.7 Å². The zero-order valence-corrected chi connectivity index (χ0v) is 10.6. The second kappa shape index (κ2) is 5.25. The monoisotopic (exact) mass is 254 g/mol. The molecule has 0 aromatic carbocycles. The van der Waals surface area contributed by atoms with Gasteiger partial charge in [-0.05, 0) is 24.8 Å². The van der Waals surface area contributed by atoms with E-state index in [-0.39, 0.29) is 0 Å². The van der Waals surface area contributed by atoms with E-state index in [4.69, 9.17) is 21.6 Å². The lowest BCUT2D eigenvalue weighted by molar-refractivity contribution is 0.425. The van der Waals surface area contributed by atoms with Crippen LogP contribution in [0.15, 0.2) is 12.3 Å². The molecule has 0 amide bonds. The quantitative estimate of drug-likeness (QED) is 0.761. The van der Waals surface area contributed by atoms with Gasteiger partial charge in [0.05, 0.1) is 5.02 Å². The lowest BCUT2D eigenvalue weighted by Crippen LogP contribution is -2.35. The van der Waals surface area contributed by atoms with Crippen LogP contribution >= 0.6 is 11.6 Å². The first-order valence-corrected chi connectivity index (χ1v) is 6.22. The number of aromatic nitrogens is 1. The van der Waals surface area contributed by atoms with Crippen molar-refractivity contribution in [2.75, 3.05) is 18.0 Å². The van der Waals surface area contributed by atoms with E-state index in [2.05, 4.69) is 16.8 Å². The Morgan fingerprint density at radius 1 is 1.41 bits per heavy atom. The van der Waals surface area contributed by atoms with Crippen LogP contribution in [0, 0.1) is 5.92 Å². The number of piperidine rings is 1. The first-order valence-electron chi connectivity index (χ1n) is 5.84. The summed E-state index contributed by atoms with van der Waals surface area (Å²) in [7, 11) is -1.52. The first kappa shape index (κ1) is 12.7. The summed E-state index contributed by atoms with van der Waals surface area (Å²) in [6, 6.07) is 1.56. The fourth-order valence-corrected chi connectivity index (χ4v) is 2.33. The topological polar surface area (TPSA) is 56.6 Å². The number of hydrogen-bond donors (Lipinski definition) is 2. The zero-order valence-electron chi connectivity index (χ0n) is 9.80. The summed E-state index contributed by atoms with van der Waals surface area (Å²) in [6.45, 7) is 4.15. The van der Waals surface area contributed by atoms with Crippen molar-refractivity contribution in [1.29, 1.82) is 0 Å². The van der Waals surface area contributed by atoms with Gasteiger partial charge in [0.25, 0.3) is 0 Å². The minimum Gasteiger partial charge on any atom is -0.423 e. The van der Waals surface area contributed by atoms with Gasteiger partial charge in [0.1, 0.15) is 5.82 Å². The third kappa shape index (κ3) is 2.91. The van der Waals surface area contributed by atoms with Crippen LogP contribution in [-0.4, -0.2) is 35.2 Å². The van der Waals surface area contributed by atoms with Crippen molar-refractivity contribution in [1.82, 2.24) is 4.98 Å². The summed E-state index contributed by atoms with van der Waals surface area (Å²) < 4.78 is 0. The Morgan fingerprint density at radius 3 is 2.59 bits per heavy atom. The van der Waals surface area contributed by atoms with E-state index in [9.17, 15) is 0 Å². The molecule has 1 aliphatic rings. The molecule has 92 valence electrons. The lowest BCUT2D eigenvalue weighted by Gasteiger charge is -2.31. The van der Waals surface area contributed by atoms with Gasteiger partial charge in [0.2, 0.25) is 0 Å². The highest BCUT2D eigenvalue weighted by atomic mass is 35.5. The minimum atomic E-state index is -1.52. The Bertz CT molecular complexity index is 395. The smallest absolute Gasteiger partial charge is 0.423 e. The third-order valence-corrected chi connectivity index (χ3v) is 3.50. The number of rotatable bonds is 2. The second-order valence-corrected chi connectivity index (χ2v) is 5.02. The molecule has 1 fully saturated rings. The molecule has 1 aliphatic heterocycles.